The number of hydrogen-bond acceptors (Lipinski definition) is 5. The van der Waals surface area contributed by atoms with Crippen LogP contribution in [0.2, 0.25) is 0 Å². The zero-order chi connectivity index (χ0) is 18.7. The second-order valence-corrected chi connectivity index (χ2v) is 7.16. The van der Waals surface area contributed by atoms with E-state index in [1.54, 1.807) is 22.9 Å². The molecular formula is C18H21N5O2S. The van der Waals surface area contributed by atoms with Crippen LogP contribution in [0.5, 0.6) is 0 Å². The molecule has 7 nitrogen and oxygen atoms in total. The summed E-state index contributed by atoms with van der Waals surface area (Å²) in [6.07, 6.45) is 0.973. The van der Waals surface area contributed by atoms with E-state index in [1.165, 1.54) is 6.07 Å². The summed E-state index contributed by atoms with van der Waals surface area (Å²) >= 11 is 1.62. The fraction of sp³-hybridized carbons (Fsp3) is 0.333. The Hall–Kier alpha value is -2.74. The predicted molar refractivity (Wildman–Crippen MR) is 101 cm³/mol. The second-order valence-electron chi connectivity index (χ2n) is 6.13. The molecule has 3 aromatic rings. The molecule has 1 amide bonds. The van der Waals surface area contributed by atoms with Crippen LogP contribution in [-0.2, 0) is 17.8 Å². The van der Waals surface area contributed by atoms with Gasteiger partial charge in [0.1, 0.15) is 0 Å². The van der Waals surface area contributed by atoms with Crippen LogP contribution in [0.15, 0.2) is 28.4 Å². The van der Waals surface area contributed by atoms with Gasteiger partial charge in [0.2, 0.25) is 11.9 Å². The molecule has 0 aromatic carbocycles. The zero-order valence-electron chi connectivity index (χ0n) is 15.0. The molecule has 136 valence electrons. The first-order chi connectivity index (χ1) is 12.4. The lowest BCUT2D eigenvalue weighted by Gasteiger charge is -2.06. The van der Waals surface area contributed by atoms with Crippen LogP contribution in [0.1, 0.15) is 33.9 Å². The van der Waals surface area contributed by atoms with Crippen molar-refractivity contribution in [1.82, 2.24) is 25.1 Å². The molecule has 3 heterocycles. The second kappa shape index (κ2) is 7.65. The highest BCUT2D eigenvalue weighted by molar-refractivity contribution is 7.09. The maximum absolute atomic E-state index is 12.1. The standard InChI is InChI=1S/C18H21N5O2S/c1-11-9-17(25)21-18(20-11)23-13(3)15(12(2)22-23)6-7-16(24)19-10-14-5-4-8-26-14/h4-5,8-9H,6-7,10H2,1-3H3,(H,19,24)(H,20,21,25). The van der Waals surface area contributed by atoms with E-state index in [0.717, 1.165) is 21.8 Å². The molecule has 0 atom stereocenters. The number of carbonyl (C=O) groups is 1. The molecule has 0 aliphatic carbocycles. The van der Waals surface area contributed by atoms with Gasteiger partial charge in [0.15, 0.2) is 0 Å². The zero-order valence-corrected chi connectivity index (χ0v) is 15.8. The molecule has 8 heteroatoms. The van der Waals surface area contributed by atoms with Crippen molar-refractivity contribution in [3.63, 3.8) is 0 Å². The van der Waals surface area contributed by atoms with E-state index < -0.39 is 0 Å². The van der Waals surface area contributed by atoms with Gasteiger partial charge < -0.3 is 5.32 Å². The molecule has 0 saturated heterocycles. The van der Waals surface area contributed by atoms with E-state index in [1.807, 2.05) is 31.4 Å². The number of aryl methyl sites for hydroxylation is 2. The van der Waals surface area contributed by atoms with Crippen LogP contribution in [-0.4, -0.2) is 25.7 Å². The van der Waals surface area contributed by atoms with Crippen molar-refractivity contribution in [3.05, 3.63) is 61.5 Å². The number of amides is 1. The van der Waals surface area contributed by atoms with Crippen molar-refractivity contribution < 1.29 is 4.79 Å². The predicted octanol–water partition coefficient (Wildman–Crippen LogP) is 2.19. The van der Waals surface area contributed by atoms with E-state index in [0.29, 0.717) is 31.0 Å². The van der Waals surface area contributed by atoms with Gasteiger partial charge in [-0.25, -0.2) is 9.67 Å². The van der Waals surface area contributed by atoms with E-state index in [4.69, 9.17) is 0 Å². The number of H-pyrrole nitrogens is 1. The molecule has 0 unspecified atom stereocenters. The van der Waals surface area contributed by atoms with Crippen molar-refractivity contribution >= 4 is 17.2 Å². The van der Waals surface area contributed by atoms with Gasteiger partial charge in [0, 0.05) is 28.8 Å². The number of thiophene rings is 1. The summed E-state index contributed by atoms with van der Waals surface area (Å²) in [7, 11) is 0. The number of hydrogen-bond donors (Lipinski definition) is 2. The number of nitrogens with zero attached hydrogens (tertiary/aromatic N) is 3. The van der Waals surface area contributed by atoms with Gasteiger partial charge in [0.05, 0.1) is 12.2 Å². The number of carbonyl (C=O) groups excluding carboxylic acids is 1. The topological polar surface area (TPSA) is 92.7 Å². The van der Waals surface area contributed by atoms with E-state index >= 15 is 0 Å². The molecule has 0 fully saturated rings. The summed E-state index contributed by atoms with van der Waals surface area (Å²) in [4.78, 5) is 32.0. The lowest BCUT2D eigenvalue weighted by Crippen LogP contribution is -2.22. The molecule has 3 rings (SSSR count). The average molecular weight is 371 g/mol. The molecule has 26 heavy (non-hydrogen) atoms. The van der Waals surface area contributed by atoms with Gasteiger partial charge in [-0.15, -0.1) is 11.3 Å². The van der Waals surface area contributed by atoms with Crippen molar-refractivity contribution in [2.24, 2.45) is 0 Å². The first-order valence-corrected chi connectivity index (χ1v) is 9.24. The summed E-state index contributed by atoms with van der Waals surface area (Å²) in [6.45, 7) is 6.14. The SMILES string of the molecule is Cc1cc(=O)[nH]c(-n2nc(C)c(CCC(=O)NCc3cccs3)c2C)n1. The summed E-state index contributed by atoms with van der Waals surface area (Å²) in [5.41, 5.74) is 3.13. The van der Waals surface area contributed by atoms with Gasteiger partial charge in [-0.05, 0) is 44.2 Å². The third kappa shape index (κ3) is 4.08. The Balaban J connectivity index is 1.70. The van der Waals surface area contributed by atoms with E-state index in [2.05, 4.69) is 20.4 Å². The van der Waals surface area contributed by atoms with Crippen molar-refractivity contribution in [1.29, 1.82) is 0 Å². The molecule has 3 aromatic heterocycles. The normalized spacial score (nSPS) is 10.9. The van der Waals surface area contributed by atoms with Gasteiger partial charge >= 0.3 is 0 Å². The Bertz CT molecular complexity index is 972. The first-order valence-electron chi connectivity index (χ1n) is 8.36. The Morgan fingerprint density at radius 3 is 2.85 bits per heavy atom. The van der Waals surface area contributed by atoms with Crippen LogP contribution in [0.25, 0.3) is 5.95 Å². The molecule has 0 saturated carbocycles. The Kier molecular flexibility index (Phi) is 5.32. The number of rotatable bonds is 6. The number of nitrogens with one attached hydrogen (secondary N) is 2. The smallest absolute Gasteiger partial charge is 0.252 e. The molecule has 0 spiro atoms. The first kappa shape index (κ1) is 18.1. The molecule has 0 aliphatic heterocycles. The summed E-state index contributed by atoms with van der Waals surface area (Å²) in [5, 5.41) is 9.41. The van der Waals surface area contributed by atoms with Gasteiger partial charge in [-0.1, -0.05) is 6.07 Å². The van der Waals surface area contributed by atoms with Crippen molar-refractivity contribution in [2.75, 3.05) is 0 Å². The highest BCUT2D eigenvalue weighted by Crippen LogP contribution is 2.17. The molecule has 2 N–H and O–H groups in total. The highest BCUT2D eigenvalue weighted by atomic mass is 32.1. The minimum absolute atomic E-state index is 0.00652. The van der Waals surface area contributed by atoms with Crippen molar-refractivity contribution in [3.8, 4) is 5.95 Å². The van der Waals surface area contributed by atoms with Gasteiger partial charge in [-0.3, -0.25) is 14.6 Å². The van der Waals surface area contributed by atoms with Crippen LogP contribution >= 0.6 is 11.3 Å². The fourth-order valence-corrected chi connectivity index (χ4v) is 3.48. The van der Waals surface area contributed by atoms with Gasteiger partial charge in [-0.2, -0.15) is 5.10 Å². The van der Waals surface area contributed by atoms with Gasteiger partial charge in [0.25, 0.3) is 5.56 Å². The number of aromatic nitrogens is 4. The molecule has 0 radical (unpaired) electrons. The van der Waals surface area contributed by atoms with Crippen LogP contribution in [0, 0.1) is 20.8 Å². The van der Waals surface area contributed by atoms with Crippen LogP contribution < -0.4 is 10.9 Å². The largest absolute Gasteiger partial charge is 0.351 e. The fourth-order valence-electron chi connectivity index (χ4n) is 2.83. The maximum Gasteiger partial charge on any atom is 0.252 e. The summed E-state index contributed by atoms with van der Waals surface area (Å²) in [6, 6.07) is 5.41. The minimum atomic E-state index is -0.213. The average Bonchev–Trinajstić information content (AvgIpc) is 3.19. The lowest BCUT2D eigenvalue weighted by molar-refractivity contribution is -0.121. The minimum Gasteiger partial charge on any atom is -0.351 e. The molecule has 0 bridgehead atoms. The third-order valence-electron chi connectivity index (χ3n) is 4.14. The summed E-state index contributed by atoms with van der Waals surface area (Å²) < 4.78 is 1.63. The monoisotopic (exact) mass is 371 g/mol. The number of aromatic amines is 1. The quantitative estimate of drug-likeness (QED) is 0.695. The maximum atomic E-state index is 12.1. The van der Waals surface area contributed by atoms with E-state index in [-0.39, 0.29) is 11.5 Å². The van der Waals surface area contributed by atoms with Crippen molar-refractivity contribution in [2.45, 2.75) is 40.2 Å². The molecular weight excluding hydrogens is 350 g/mol. The Labute approximate surface area is 155 Å². The highest BCUT2D eigenvalue weighted by Gasteiger charge is 2.15. The van der Waals surface area contributed by atoms with E-state index in [9.17, 15) is 9.59 Å². The summed E-state index contributed by atoms with van der Waals surface area (Å²) in [5.74, 6) is 0.399. The van der Waals surface area contributed by atoms with Crippen LogP contribution in [0.4, 0.5) is 0 Å². The Morgan fingerprint density at radius 2 is 2.15 bits per heavy atom. The lowest BCUT2D eigenvalue weighted by atomic mass is 10.1. The molecule has 0 aliphatic rings. The third-order valence-corrected chi connectivity index (χ3v) is 5.02. The Morgan fingerprint density at radius 1 is 1.35 bits per heavy atom. The van der Waals surface area contributed by atoms with Crippen LogP contribution in [0.3, 0.4) is 0 Å².